The average Bonchev–Trinajstić information content (AvgIpc) is 2.91. The number of Topliss-reactive ketones (excluding diaryl/α,β-unsaturated/α-hetero) is 1. The van der Waals surface area contributed by atoms with Crippen molar-refractivity contribution in [2.75, 3.05) is 14.2 Å². The van der Waals surface area contributed by atoms with Gasteiger partial charge in [-0.1, -0.05) is 6.07 Å². The Morgan fingerprint density at radius 1 is 1.05 bits per heavy atom. The van der Waals surface area contributed by atoms with Crippen molar-refractivity contribution in [3.05, 3.63) is 46.2 Å². The van der Waals surface area contributed by atoms with Crippen molar-refractivity contribution in [3.63, 3.8) is 0 Å². The van der Waals surface area contributed by atoms with Crippen molar-refractivity contribution < 1.29 is 14.3 Å². The molecule has 0 saturated carbocycles. The molecule has 0 radical (unpaired) electrons. The minimum absolute atomic E-state index is 0.200. The largest absolute Gasteiger partial charge is 0.493 e. The fraction of sp³-hybridized carbons (Fsp3) is 0.267. The second kappa shape index (κ2) is 6.38. The smallest absolute Gasteiger partial charge is 0.161 e. The van der Waals surface area contributed by atoms with Gasteiger partial charge in [-0.2, -0.15) is 11.3 Å². The van der Waals surface area contributed by atoms with Gasteiger partial charge in [0.05, 0.1) is 14.2 Å². The van der Waals surface area contributed by atoms with Crippen molar-refractivity contribution >= 4 is 17.1 Å². The minimum Gasteiger partial charge on any atom is -0.493 e. The predicted molar refractivity (Wildman–Crippen MR) is 76.3 cm³/mol. The molecule has 2 rings (SSSR count). The molecule has 0 bridgehead atoms. The second-order valence-electron chi connectivity index (χ2n) is 4.21. The maximum Gasteiger partial charge on any atom is 0.161 e. The summed E-state index contributed by atoms with van der Waals surface area (Å²) < 4.78 is 10.4. The van der Waals surface area contributed by atoms with Crippen molar-refractivity contribution in [3.8, 4) is 11.5 Å². The van der Waals surface area contributed by atoms with Crippen LogP contribution in [0, 0.1) is 0 Å². The normalized spacial score (nSPS) is 10.2. The van der Waals surface area contributed by atoms with Gasteiger partial charge in [0.15, 0.2) is 11.5 Å². The van der Waals surface area contributed by atoms with Crippen LogP contribution < -0.4 is 9.47 Å². The van der Waals surface area contributed by atoms with Crippen molar-refractivity contribution in [1.82, 2.24) is 0 Å². The van der Waals surface area contributed by atoms with E-state index in [1.807, 2.05) is 35.0 Å². The van der Waals surface area contributed by atoms with Gasteiger partial charge in [0.2, 0.25) is 0 Å². The third-order valence-corrected chi connectivity index (χ3v) is 3.56. The van der Waals surface area contributed by atoms with Gasteiger partial charge in [0.25, 0.3) is 0 Å². The van der Waals surface area contributed by atoms with Crippen LogP contribution in [0.2, 0.25) is 0 Å². The minimum atomic E-state index is 0.200. The zero-order valence-corrected chi connectivity index (χ0v) is 11.8. The first-order valence-corrected chi connectivity index (χ1v) is 6.91. The van der Waals surface area contributed by atoms with Crippen molar-refractivity contribution in [2.45, 2.75) is 12.8 Å². The van der Waals surface area contributed by atoms with Crippen LogP contribution in [0.4, 0.5) is 0 Å². The van der Waals surface area contributed by atoms with Crippen LogP contribution in [0.25, 0.3) is 0 Å². The Labute approximate surface area is 116 Å². The van der Waals surface area contributed by atoms with Gasteiger partial charge in [0, 0.05) is 12.8 Å². The molecule has 0 fully saturated rings. The topological polar surface area (TPSA) is 35.5 Å². The van der Waals surface area contributed by atoms with Crippen molar-refractivity contribution in [1.29, 1.82) is 0 Å². The number of rotatable bonds is 6. The molecular formula is C15H16O3S. The first kappa shape index (κ1) is 13.6. The zero-order chi connectivity index (χ0) is 13.7. The number of hydrogen-bond donors (Lipinski definition) is 0. The number of ketones is 1. The van der Waals surface area contributed by atoms with Crippen LogP contribution >= 0.6 is 11.3 Å². The Kier molecular flexibility index (Phi) is 4.58. The van der Waals surface area contributed by atoms with Gasteiger partial charge in [-0.05, 0) is 40.1 Å². The van der Waals surface area contributed by atoms with Gasteiger partial charge in [-0.3, -0.25) is 4.79 Å². The van der Waals surface area contributed by atoms with E-state index in [1.165, 1.54) is 0 Å². The molecule has 0 amide bonds. The molecule has 4 heteroatoms. The molecule has 1 heterocycles. The highest BCUT2D eigenvalue weighted by Gasteiger charge is 2.09. The molecule has 0 aliphatic carbocycles. The number of methoxy groups -OCH3 is 2. The monoisotopic (exact) mass is 276 g/mol. The maximum absolute atomic E-state index is 12.0. The predicted octanol–water partition coefficient (Wildman–Crippen LogP) is 3.12. The van der Waals surface area contributed by atoms with Crippen LogP contribution in [0.3, 0.4) is 0 Å². The lowest BCUT2D eigenvalue weighted by atomic mass is 10.0. The zero-order valence-electron chi connectivity index (χ0n) is 11.0. The van der Waals surface area contributed by atoms with E-state index >= 15 is 0 Å². The van der Waals surface area contributed by atoms with E-state index in [-0.39, 0.29) is 5.78 Å². The van der Waals surface area contributed by atoms with Gasteiger partial charge in [-0.15, -0.1) is 0 Å². The summed E-state index contributed by atoms with van der Waals surface area (Å²) in [5.74, 6) is 1.53. The highest BCUT2D eigenvalue weighted by molar-refractivity contribution is 7.07. The molecule has 3 nitrogen and oxygen atoms in total. The first-order chi connectivity index (χ1) is 9.22. The lowest BCUT2D eigenvalue weighted by molar-refractivity contribution is -0.117. The van der Waals surface area contributed by atoms with E-state index in [2.05, 4.69) is 0 Å². The number of carbonyl (C=O) groups is 1. The molecule has 0 spiro atoms. The summed E-state index contributed by atoms with van der Waals surface area (Å²) in [6.45, 7) is 0. The maximum atomic E-state index is 12.0. The molecule has 0 saturated heterocycles. The molecule has 0 atom stereocenters. The third-order valence-electron chi connectivity index (χ3n) is 2.83. The summed E-state index contributed by atoms with van der Waals surface area (Å²) in [6, 6.07) is 7.56. The molecule has 0 aliphatic rings. The number of ether oxygens (including phenoxy) is 2. The Morgan fingerprint density at radius 2 is 1.79 bits per heavy atom. The molecular weight excluding hydrogens is 260 g/mol. The van der Waals surface area contributed by atoms with Crippen LogP contribution in [-0.2, 0) is 17.6 Å². The van der Waals surface area contributed by atoms with Crippen LogP contribution in [0.5, 0.6) is 11.5 Å². The fourth-order valence-electron chi connectivity index (χ4n) is 1.90. The SMILES string of the molecule is COc1ccc(CC(=O)Cc2ccsc2)cc1OC. The molecule has 2 aromatic rings. The number of benzene rings is 1. The van der Waals surface area contributed by atoms with E-state index in [0.29, 0.717) is 24.3 Å². The van der Waals surface area contributed by atoms with Crippen LogP contribution in [0.1, 0.15) is 11.1 Å². The lowest BCUT2D eigenvalue weighted by Gasteiger charge is -2.09. The van der Waals surface area contributed by atoms with Crippen LogP contribution in [-0.4, -0.2) is 20.0 Å². The highest BCUT2D eigenvalue weighted by atomic mass is 32.1. The summed E-state index contributed by atoms with van der Waals surface area (Å²) >= 11 is 1.61. The van der Waals surface area contributed by atoms with E-state index in [9.17, 15) is 4.79 Å². The standard InChI is InChI=1S/C15H16O3S/c1-17-14-4-3-11(9-15(14)18-2)7-13(16)8-12-5-6-19-10-12/h3-6,9-10H,7-8H2,1-2H3. The van der Waals surface area contributed by atoms with Crippen molar-refractivity contribution in [2.24, 2.45) is 0 Å². The molecule has 19 heavy (non-hydrogen) atoms. The Hall–Kier alpha value is -1.81. The summed E-state index contributed by atoms with van der Waals surface area (Å²) in [4.78, 5) is 12.0. The molecule has 1 aromatic heterocycles. The molecule has 0 unspecified atom stereocenters. The average molecular weight is 276 g/mol. The second-order valence-corrected chi connectivity index (χ2v) is 4.99. The lowest BCUT2D eigenvalue weighted by Crippen LogP contribution is -2.06. The number of thiophene rings is 1. The number of hydrogen-bond acceptors (Lipinski definition) is 4. The van der Waals surface area contributed by atoms with Gasteiger partial charge < -0.3 is 9.47 Å². The summed E-state index contributed by atoms with van der Waals surface area (Å²) in [6.07, 6.45) is 0.897. The van der Waals surface area contributed by atoms with Gasteiger partial charge in [0.1, 0.15) is 5.78 Å². The van der Waals surface area contributed by atoms with E-state index < -0.39 is 0 Å². The Morgan fingerprint density at radius 3 is 2.42 bits per heavy atom. The van der Waals surface area contributed by atoms with Gasteiger partial charge in [-0.25, -0.2) is 0 Å². The van der Waals surface area contributed by atoms with Gasteiger partial charge >= 0.3 is 0 Å². The molecule has 100 valence electrons. The Balaban J connectivity index is 2.04. The highest BCUT2D eigenvalue weighted by Crippen LogP contribution is 2.27. The first-order valence-electron chi connectivity index (χ1n) is 5.96. The van der Waals surface area contributed by atoms with E-state index in [4.69, 9.17) is 9.47 Å². The molecule has 0 N–H and O–H groups in total. The Bertz CT molecular complexity index is 547. The molecule has 0 aliphatic heterocycles. The fourth-order valence-corrected chi connectivity index (χ4v) is 2.57. The summed E-state index contributed by atoms with van der Waals surface area (Å²) in [5, 5.41) is 3.99. The molecule has 1 aromatic carbocycles. The quantitative estimate of drug-likeness (QED) is 0.813. The summed E-state index contributed by atoms with van der Waals surface area (Å²) in [7, 11) is 3.19. The van der Waals surface area contributed by atoms with E-state index in [0.717, 1.165) is 11.1 Å². The summed E-state index contributed by atoms with van der Waals surface area (Å²) in [5.41, 5.74) is 2.02. The number of carbonyl (C=O) groups excluding carboxylic acids is 1. The third kappa shape index (κ3) is 3.58. The van der Waals surface area contributed by atoms with Crippen LogP contribution in [0.15, 0.2) is 35.0 Å². The van der Waals surface area contributed by atoms with E-state index in [1.54, 1.807) is 25.6 Å².